The molecule has 26 heavy (non-hydrogen) atoms. The zero-order chi connectivity index (χ0) is 18.4. The molecule has 1 aliphatic rings. The van der Waals surface area contributed by atoms with Crippen molar-refractivity contribution in [2.24, 2.45) is 5.73 Å². The molecule has 0 fully saturated rings. The van der Waals surface area contributed by atoms with E-state index in [1.807, 2.05) is 12.1 Å². The zero-order valence-electron chi connectivity index (χ0n) is 14.9. The third-order valence-electron chi connectivity index (χ3n) is 4.24. The number of hydrogen-bond donors (Lipinski definition) is 2. The summed E-state index contributed by atoms with van der Waals surface area (Å²) in [5, 5.41) is 2.95. The lowest BCUT2D eigenvalue weighted by molar-refractivity contribution is 0.0946. The van der Waals surface area contributed by atoms with Crippen molar-refractivity contribution in [1.82, 2.24) is 5.32 Å². The summed E-state index contributed by atoms with van der Waals surface area (Å²) >= 11 is 0. The van der Waals surface area contributed by atoms with Gasteiger partial charge in [-0.25, -0.2) is 0 Å². The van der Waals surface area contributed by atoms with Crippen LogP contribution in [-0.2, 0) is 13.0 Å². The van der Waals surface area contributed by atoms with E-state index in [1.54, 1.807) is 25.3 Å². The summed E-state index contributed by atoms with van der Waals surface area (Å²) in [4.78, 5) is 12.7. The molecule has 0 saturated carbocycles. The van der Waals surface area contributed by atoms with Gasteiger partial charge >= 0.3 is 0 Å². The monoisotopic (exact) mass is 356 g/mol. The van der Waals surface area contributed by atoms with Gasteiger partial charge in [0.2, 0.25) is 0 Å². The van der Waals surface area contributed by atoms with E-state index in [9.17, 15) is 4.79 Å². The molecule has 0 spiro atoms. The van der Waals surface area contributed by atoms with Gasteiger partial charge in [-0.1, -0.05) is 12.1 Å². The predicted molar refractivity (Wildman–Crippen MR) is 99.0 cm³/mol. The van der Waals surface area contributed by atoms with Crippen molar-refractivity contribution in [1.29, 1.82) is 0 Å². The van der Waals surface area contributed by atoms with Gasteiger partial charge in [-0.2, -0.15) is 0 Å². The molecule has 1 heterocycles. The molecule has 0 aliphatic carbocycles. The first-order chi connectivity index (χ1) is 12.7. The summed E-state index contributed by atoms with van der Waals surface area (Å²) in [5.41, 5.74) is 8.17. The summed E-state index contributed by atoms with van der Waals surface area (Å²) in [5.74, 6) is 1.86. The van der Waals surface area contributed by atoms with Crippen molar-refractivity contribution in [3.63, 3.8) is 0 Å². The number of ether oxygens (including phenoxy) is 3. The smallest absolute Gasteiger partial charge is 0.255 e. The van der Waals surface area contributed by atoms with E-state index < -0.39 is 0 Å². The van der Waals surface area contributed by atoms with Gasteiger partial charge in [0.1, 0.15) is 17.2 Å². The third-order valence-corrected chi connectivity index (χ3v) is 4.24. The number of carbonyl (C=O) groups excluding carboxylic acids is 1. The van der Waals surface area contributed by atoms with Gasteiger partial charge in [0.05, 0.1) is 25.9 Å². The number of nitrogens with one attached hydrogen (secondary N) is 1. The Hall–Kier alpha value is -2.73. The van der Waals surface area contributed by atoms with Crippen LogP contribution in [-0.4, -0.2) is 32.8 Å². The predicted octanol–water partition coefficient (Wildman–Crippen LogP) is 2.29. The molecule has 2 aromatic rings. The highest BCUT2D eigenvalue weighted by Gasteiger charge is 2.16. The zero-order valence-corrected chi connectivity index (χ0v) is 14.9. The number of benzene rings is 2. The molecule has 3 N–H and O–H groups in total. The molecule has 6 nitrogen and oxygen atoms in total. The lowest BCUT2D eigenvalue weighted by Crippen LogP contribution is -2.23. The number of methoxy groups -OCH3 is 1. The third kappa shape index (κ3) is 4.26. The van der Waals surface area contributed by atoms with E-state index >= 15 is 0 Å². The second kappa shape index (κ2) is 8.58. The van der Waals surface area contributed by atoms with Crippen molar-refractivity contribution in [3.8, 4) is 17.2 Å². The maximum atomic E-state index is 12.7. The van der Waals surface area contributed by atoms with E-state index in [-0.39, 0.29) is 5.91 Å². The van der Waals surface area contributed by atoms with Crippen LogP contribution in [0, 0.1) is 0 Å². The van der Waals surface area contributed by atoms with Gasteiger partial charge in [0, 0.05) is 13.0 Å². The summed E-state index contributed by atoms with van der Waals surface area (Å²) in [6.45, 7) is 2.16. The first kappa shape index (κ1) is 18.1. The fourth-order valence-corrected chi connectivity index (χ4v) is 2.83. The SMILES string of the molecule is COc1ccc(OCCCN)c(C(=O)NCc2ccc3c(c2)CCO3)c1. The summed E-state index contributed by atoms with van der Waals surface area (Å²) in [6, 6.07) is 11.2. The molecule has 0 bridgehead atoms. The minimum absolute atomic E-state index is 0.205. The van der Waals surface area contributed by atoms with E-state index in [1.165, 1.54) is 5.56 Å². The first-order valence-corrected chi connectivity index (χ1v) is 8.75. The van der Waals surface area contributed by atoms with Crippen LogP contribution in [0.15, 0.2) is 36.4 Å². The fourth-order valence-electron chi connectivity index (χ4n) is 2.83. The highest BCUT2D eigenvalue weighted by Crippen LogP contribution is 2.27. The minimum atomic E-state index is -0.205. The second-order valence-corrected chi connectivity index (χ2v) is 6.08. The molecule has 6 heteroatoms. The van der Waals surface area contributed by atoms with Gasteiger partial charge in [0.25, 0.3) is 5.91 Å². The Balaban J connectivity index is 1.69. The van der Waals surface area contributed by atoms with Gasteiger partial charge in [-0.05, 0) is 48.4 Å². The number of carbonyl (C=O) groups is 1. The van der Waals surface area contributed by atoms with Gasteiger partial charge in [-0.3, -0.25) is 4.79 Å². The molecule has 0 radical (unpaired) electrons. The molecular formula is C20H24N2O4. The summed E-state index contributed by atoms with van der Waals surface area (Å²) in [7, 11) is 1.57. The van der Waals surface area contributed by atoms with Gasteiger partial charge < -0.3 is 25.3 Å². The Morgan fingerprint density at radius 3 is 2.96 bits per heavy atom. The van der Waals surface area contributed by atoms with Crippen LogP contribution >= 0.6 is 0 Å². The van der Waals surface area contributed by atoms with Gasteiger partial charge in [-0.15, -0.1) is 0 Å². The maximum Gasteiger partial charge on any atom is 0.255 e. The van der Waals surface area contributed by atoms with Crippen LogP contribution in [0.25, 0.3) is 0 Å². The van der Waals surface area contributed by atoms with Crippen molar-refractivity contribution >= 4 is 5.91 Å². The van der Waals surface area contributed by atoms with Crippen LogP contribution < -0.4 is 25.3 Å². The molecule has 0 unspecified atom stereocenters. The minimum Gasteiger partial charge on any atom is -0.497 e. The number of amides is 1. The van der Waals surface area contributed by atoms with Crippen molar-refractivity contribution in [3.05, 3.63) is 53.1 Å². The molecule has 3 rings (SSSR count). The summed E-state index contributed by atoms with van der Waals surface area (Å²) < 4.78 is 16.4. The van der Waals surface area contributed by atoms with E-state index in [2.05, 4.69) is 11.4 Å². The summed E-state index contributed by atoms with van der Waals surface area (Å²) in [6.07, 6.45) is 1.64. The van der Waals surface area contributed by atoms with Crippen LogP contribution in [0.5, 0.6) is 17.2 Å². The van der Waals surface area contributed by atoms with Crippen LogP contribution in [0.4, 0.5) is 0 Å². The Morgan fingerprint density at radius 2 is 2.15 bits per heavy atom. The molecule has 138 valence electrons. The quantitative estimate of drug-likeness (QED) is 0.709. The number of rotatable bonds is 8. The molecular weight excluding hydrogens is 332 g/mol. The fraction of sp³-hybridized carbons (Fsp3) is 0.350. The Bertz CT molecular complexity index is 776. The van der Waals surface area contributed by atoms with Crippen LogP contribution in [0.2, 0.25) is 0 Å². The van der Waals surface area contributed by atoms with Crippen molar-refractivity contribution in [2.75, 3.05) is 26.9 Å². The van der Waals surface area contributed by atoms with Crippen molar-refractivity contribution < 1.29 is 19.0 Å². The maximum absolute atomic E-state index is 12.7. The van der Waals surface area contributed by atoms with Crippen LogP contribution in [0.3, 0.4) is 0 Å². The normalized spacial score (nSPS) is 12.2. The lowest BCUT2D eigenvalue weighted by atomic mass is 10.1. The second-order valence-electron chi connectivity index (χ2n) is 6.08. The first-order valence-electron chi connectivity index (χ1n) is 8.75. The average molecular weight is 356 g/mol. The largest absolute Gasteiger partial charge is 0.497 e. The van der Waals surface area contributed by atoms with Gasteiger partial charge in [0.15, 0.2) is 0 Å². The molecule has 1 amide bonds. The van der Waals surface area contributed by atoms with Crippen LogP contribution in [0.1, 0.15) is 27.9 Å². The standard InChI is InChI=1S/C20H24N2O4/c1-24-16-4-6-19(25-9-2-8-21)17(12-16)20(23)22-13-14-3-5-18-15(11-14)7-10-26-18/h3-6,11-12H,2,7-10,13,21H2,1H3,(H,22,23). The molecule has 0 saturated heterocycles. The number of fused-ring (bicyclic) bond motifs is 1. The molecule has 2 aromatic carbocycles. The molecule has 0 aromatic heterocycles. The molecule has 1 aliphatic heterocycles. The topological polar surface area (TPSA) is 82.8 Å². The lowest BCUT2D eigenvalue weighted by Gasteiger charge is -2.13. The van der Waals surface area contributed by atoms with Crippen molar-refractivity contribution in [2.45, 2.75) is 19.4 Å². The number of hydrogen-bond acceptors (Lipinski definition) is 5. The average Bonchev–Trinajstić information content (AvgIpc) is 3.14. The molecule has 0 atom stereocenters. The highest BCUT2D eigenvalue weighted by molar-refractivity contribution is 5.97. The van der Waals surface area contributed by atoms with E-state index in [0.717, 1.165) is 30.8 Å². The Kier molecular flexibility index (Phi) is 5.96. The highest BCUT2D eigenvalue weighted by atomic mass is 16.5. The van der Waals surface area contributed by atoms with E-state index in [0.29, 0.717) is 36.8 Å². The van der Waals surface area contributed by atoms with E-state index in [4.69, 9.17) is 19.9 Å². The Labute approximate surface area is 153 Å². The Morgan fingerprint density at radius 1 is 1.27 bits per heavy atom. The number of nitrogens with two attached hydrogens (primary N) is 1.